The Kier molecular flexibility index (Phi) is 5.61. The Morgan fingerprint density at radius 2 is 2.09 bits per heavy atom. The molecule has 0 fully saturated rings. The van der Waals surface area contributed by atoms with Crippen LogP contribution in [0, 0.1) is 5.41 Å². The van der Waals surface area contributed by atoms with Crippen LogP contribution in [0.15, 0.2) is 42.7 Å². The highest BCUT2D eigenvalue weighted by Crippen LogP contribution is 2.29. The molecule has 5 heteroatoms. The molecule has 0 aliphatic carbocycles. The van der Waals surface area contributed by atoms with E-state index in [1.807, 2.05) is 32.9 Å². The molecule has 0 atom stereocenters. The van der Waals surface area contributed by atoms with Crippen LogP contribution in [0.3, 0.4) is 0 Å². The average Bonchev–Trinajstić information content (AvgIpc) is 2.45. The second-order valence-electron chi connectivity index (χ2n) is 6.58. The minimum Gasteiger partial charge on any atom is -0.487 e. The Hall–Kier alpha value is -2.07. The molecular formula is C18H21ClN2O2. The Labute approximate surface area is 141 Å². The molecule has 0 unspecified atom stereocenters. The highest BCUT2D eigenvalue weighted by molar-refractivity contribution is 6.32. The Morgan fingerprint density at radius 1 is 1.30 bits per heavy atom. The molecular weight excluding hydrogens is 312 g/mol. The number of pyridine rings is 1. The molecule has 0 aliphatic rings. The van der Waals surface area contributed by atoms with Crippen LogP contribution >= 0.6 is 11.6 Å². The van der Waals surface area contributed by atoms with Gasteiger partial charge < -0.3 is 10.1 Å². The molecule has 0 saturated heterocycles. The minimum absolute atomic E-state index is 0.0300. The predicted octanol–water partition coefficient (Wildman–Crippen LogP) is 4.69. The van der Waals surface area contributed by atoms with Crippen LogP contribution < -0.4 is 10.1 Å². The molecule has 1 heterocycles. The van der Waals surface area contributed by atoms with E-state index in [0.717, 1.165) is 5.56 Å². The van der Waals surface area contributed by atoms with Crippen molar-refractivity contribution in [2.24, 2.45) is 5.41 Å². The van der Waals surface area contributed by atoms with Crippen molar-refractivity contribution in [1.29, 1.82) is 0 Å². The first-order valence-electron chi connectivity index (χ1n) is 7.45. The third kappa shape index (κ3) is 5.91. The van der Waals surface area contributed by atoms with Crippen molar-refractivity contribution in [3.8, 4) is 5.75 Å². The molecule has 4 nitrogen and oxygen atoms in total. The third-order valence-corrected chi connectivity index (χ3v) is 3.32. The first kappa shape index (κ1) is 17.3. The quantitative estimate of drug-likeness (QED) is 0.864. The van der Waals surface area contributed by atoms with Gasteiger partial charge in [-0.05, 0) is 29.7 Å². The van der Waals surface area contributed by atoms with Gasteiger partial charge in [0.05, 0.1) is 5.02 Å². The smallest absolute Gasteiger partial charge is 0.224 e. The number of carbonyl (C=O) groups excluding carboxylic acids is 1. The molecule has 0 radical (unpaired) electrons. The predicted molar refractivity (Wildman–Crippen MR) is 92.7 cm³/mol. The lowest BCUT2D eigenvalue weighted by Gasteiger charge is -2.17. The summed E-state index contributed by atoms with van der Waals surface area (Å²) in [6.45, 7) is 6.46. The topological polar surface area (TPSA) is 51.2 Å². The monoisotopic (exact) mass is 332 g/mol. The number of hydrogen-bond donors (Lipinski definition) is 1. The van der Waals surface area contributed by atoms with E-state index in [2.05, 4.69) is 10.3 Å². The maximum Gasteiger partial charge on any atom is 0.224 e. The molecule has 23 heavy (non-hydrogen) atoms. The molecule has 0 bridgehead atoms. The fourth-order valence-electron chi connectivity index (χ4n) is 2.03. The van der Waals surface area contributed by atoms with Crippen LogP contribution in [0.2, 0.25) is 5.02 Å². The maximum atomic E-state index is 11.9. The van der Waals surface area contributed by atoms with Crippen LogP contribution in [-0.4, -0.2) is 10.9 Å². The zero-order chi connectivity index (χ0) is 16.9. The number of rotatable bonds is 5. The van der Waals surface area contributed by atoms with Gasteiger partial charge >= 0.3 is 0 Å². The Balaban J connectivity index is 1.96. The summed E-state index contributed by atoms with van der Waals surface area (Å²) in [5.41, 5.74) is 1.57. The van der Waals surface area contributed by atoms with E-state index in [0.29, 0.717) is 29.5 Å². The van der Waals surface area contributed by atoms with E-state index in [-0.39, 0.29) is 11.3 Å². The van der Waals surface area contributed by atoms with Crippen molar-refractivity contribution in [2.45, 2.75) is 33.8 Å². The fraction of sp³-hybridized carbons (Fsp3) is 0.333. The first-order valence-corrected chi connectivity index (χ1v) is 7.82. The van der Waals surface area contributed by atoms with E-state index in [1.165, 1.54) is 0 Å². The zero-order valence-corrected chi connectivity index (χ0v) is 14.4. The summed E-state index contributed by atoms with van der Waals surface area (Å²) < 4.78 is 5.68. The number of benzene rings is 1. The van der Waals surface area contributed by atoms with Crippen LogP contribution in [0.5, 0.6) is 5.75 Å². The fourth-order valence-corrected chi connectivity index (χ4v) is 2.26. The summed E-state index contributed by atoms with van der Waals surface area (Å²) in [5.74, 6) is 0.543. The van der Waals surface area contributed by atoms with Gasteiger partial charge in [-0.25, -0.2) is 0 Å². The van der Waals surface area contributed by atoms with Gasteiger partial charge in [0.15, 0.2) is 0 Å². The summed E-state index contributed by atoms with van der Waals surface area (Å²) in [6.07, 6.45) is 3.91. The standard InChI is InChI=1S/C18H21ClN2O2/c1-18(2,3)10-17(22)21-14-6-7-16(15(19)9-14)23-12-13-5-4-8-20-11-13/h4-9,11H,10,12H2,1-3H3,(H,21,22). The van der Waals surface area contributed by atoms with Crippen LogP contribution in [0.25, 0.3) is 0 Å². The van der Waals surface area contributed by atoms with Crippen molar-refractivity contribution in [3.05, 3.63) is 53.3 Å². The van der Waals surface area contributed by atoms with Crippen molar-refractivity contribution >= 4 is 23.2 Å². The molecule has 1 N–H and O–H groups in total. The van der Waals surface area contributed by atoms with Crippen molar-refractivity contribution in [2.75, 3.05) is 5.32 Å². The van der Waals surface area contributed by atoms with Crippen molar-refractivity contribution < 1.29 is 9.53 Å². The van der Waals surface area contributed by atoms with Crippen molar-refractivity contribution in [1.82, 2.24) is 4.98 Å². The molecule has 0 spiro atoms. The number of nitrogens with one attached hydrogen (secondary N) is 1. The Morgan fingerprint density at radius 3 is 2.70 bits per heavy atom. The average molecular weight is 333 g/mol. The number of nitrogens with zero attached hydrogens (tertiary/aromatic N) is 1. The first-order chi connectivity index (χ1) is 10.8. The van der Waals surface area contributed by atoms with Gasteiger partial charge in [-0.2, -0.15) is 0 Å². The summed E-state index contributed by atoms with van der Waals surface area (Å²) in [7, 11) is 0. The normalized spacial score (nSPS) is 11.1. The second-order valence-corrected chi connectivity index (χ2v) is 6.99. The lowest BCUT2D eigenvalue weighted by Crippen LogP contribution is -2.19. The number of aromatic nitrogens is 1. The van der Waals surface area contributed by atoms with E-state index in [9.17, 15) is 4.79 Å². The number of ether oxygens (including phenoxy) is 1. The van der Waals surface area contributed by atoms with Crippen LogP contribution in [0.4, 0.5) is 5.69 Å². The third-order valence-electron chi connectivity index (χ3n) is 3.02. The van der Waals surface area contributed by atoms with Crippen molar-refractivity contribution in [3.63, 3.8) is 0 Å². The summed E-state index contributed by atoms with van der Waals surface area (Å²) in [6, 6.07) is 9.02. The van der Waals surface area contributed by atoms with Gasteiger partial charge in [-0.1, -0.05) is 38.4 Å². The van der Waals surface area contributed by atoms with E-state index in [1.54, 1.807) is 30.6 Å². The van der Waals surface area contributed by atoms with Gasteiger partial charge in [0.25, 0.3) is 0 Å². The van der Waals surface area contributed by atoms with E-state index < -0.39 is 0 Å². The molecule has 2 rings (SSSR count). The number of carbonyl (C=O) groups is 1. The molecule has 0 aliphatic heterocycles. The molecule has 0 saturated carbocycles. The molecule has 1 aromatic carbocycles. The summed E-state index contributed by atoms with van der Waals surface area (Å²) in [5, 5.41) is 3.31. The minimum atomic E-state index is -0.0549. The lowest BCUT2D eigenvalue weighted by molar-refractivity contribution is -0.117. The van der Waals surface area contributed by atoms with Gasteiger partial charge in [0, 0.05) is 30.1 Å². The molecule has 1 amide bonds. The van der Waals surface area contributed by atoms with E-state index >= 15 is 0 Å². The largest absolute Gasteiger partial charge is 0.487 e. The van der Waals surface area contributed by atoms with Gasteiger partial charge in [-0.3, -0.25) is 9.78 Å². The molecule has 122 valence electrons. The number of amides is 1. The van der Waals surface area contributed by atoms with Gasteiger partial charge in [0.2, 0.25) is 5.91 Å². The molecule has 2 aromatic rings. The van der Waals surface area contributed by atoms with Crippen LogP contribution in [0.1, 0.15) is 32.8 Å². The SMILES string of the molecule is CC(C)(C)CC(=O)Nc1ccc(OCc2cccnc2)c(Cl)c1. The summed E-state index contributed by atoms with van der Waals surface area (Å²) >= 11 is 6.22. The number of hydrogen-bond acceptors (Lipinski definition) is 3. The van der Waals surface area contributed by atoms with Crippen LogP contribution in [-0.2, 0) is 11.4 Å². The number of halogens is 1. The maximum absolute atomic E-state index is 11.9. The second kappa shape index (κ2) is 7.47. The lowest BCUT2D eigenvalue weighted by atomic mass is 9.92. The molecule has 1 aromatic heterocycles. The number of anilines is 1. The highest BCUT2D eigenvalue weighted by Gasteiger charge is 2.16. The highest BCUT2D eigenvalue weighted by atomic mass is 35.5. The van der Waals surface area contributed by atoms with Gasteiger partial charge in [-0.15, -0.1) is 0 Å². The summed E-state index contributed by atoms with van der Waals surface area (Å²) in [4.78, 5) is 16.0. The van der Waals surface area contributed by atoms with Gasteiger partial charge in [0.1, 0.15) is 12.4 Å². The zero-order valence-electron chi connectivity index (χ0n) is 13.6. The Bertz CT molecular complexity index is 666. The van der Waals surface area contributed by atoms with E-state index in [4.69, 9.17) is 16.3 Å².